The molecule has 0 radical (unpaired) electrons. The first kappa shape index (κ1) is 12.2. The number of phenols is 1. The predicted octanol–water partition coefficient (Wildman–Crippen LogP) is 2.25. The Labute approximate surface area is 111 Å². The Morgan fingerprint density at radius 1 is 1.21 bits per heavy atom. The smallest absolute Gasteiger partial charge is 0.257 e. The molecule has 0 aliphatic carbocycles. The lowest BCUT2D eigenvalue weighted by atomic mass is 9.96. The molecule has 0 atom stereocenters. The molecule has 1 N–H and O–H groups in total. The Kier molecular flexibility index (Phi) is 3.21. The van der Waals surface area contributed by atoms with Gasteiger partial charge in [-0.25, -0.2) is 0 Å². The van der Waals surface area contributed by atoms with Crippen molar-refractivity contribution in [1.29, 1.82) is 0 Å². The van der Waals surface area contributed by atoms with Crippen molar-refractivity contribution in [2.45, 2.75) is 18.8 Å². The number of hydrogen-bond donors (Lipinski definition) is 1. The third kappa shape index (κ3) is 2.61. The Hall–Kier alpha value is -1.88. The van der Waals surface area contributed by atoms with Crippen LogP contribution in [0.1, 0.15) is 24.6 Å². The number of aromatic hydroxyl groups is 1. The number of hydrogen-bond acceptors (Lipinski definition) is 5. The standard InChI is InChI=1S/C14H17N3O2/c1-17-8-6-10(7-9-17)13-15-14(19-16-13)11-2-4-12(18)5-3-11/h2-5,10,18H,6-9H2,1H3. The molecule has 0 bridgehead atoms. The molecular formula is C14H17N3O2. The van der Waals surface area contributed by atoms with Crippen LogP contribution in [-0.2, 0) is 0 Å². The zero-order valence-electron chi connectivity index (χ0n) is 10.9. The van der Waals surface area contributed by atoms with Crippen LogP contribution in [0.15, 0.2) is 28.8 Å². The van der Waals surface area contributed by atoms with Crippen molar-refractivity contribution in [3.05, 3.63) is 30.1 Å². The fourth-order valence-corrected chi connectivity index (χ4v) is 2.39. The van der Waals surface area contributed by atoms with Crippen molar-refractivity contribution in [2.75, 3.05) is 20.1 Å². The summed E-state index contributed by atoms with van der Waals surface area (Å²) >= 11 is 0. The lowest BCUT2D eigenvalue weighted by Crippen LogP contribution is -2.29. The van der Waals surface area contributed by atoms with E-state index in [0.29, 0.717) is 11.8 Å². The highest BCUT2D eigenvalue weighted by atomic mass is 16.5. The van der Waals surface area contributed by atoms with Crippen LogP contribution in [0.4, 0.5) is 0 Å². The maximum absolute atomic E-state index is 9.27. The second-order valence-electron chi connectivity index (χ2n) is 5.08. The van der Waals surface area contributed by atoms with Crippen LogP contribution >= 0.6 is 0 Å². The van der Waals surface area contributed by atoms with Gasteiger partial charge in [-0.05, 0) is 57.2 Å². The highest BCUT2D eigenvalue weighted by Crippen LogP contribution is 2.27. The summed E-state index contributed by atoms with van der Waals surface area (Å²) in [7, 11) is 2.13. The van der Waals surface area contributed by atoms with Gasteiger partial charge in [0.15, 0.2) is 5.82 Å². The SMILES string of the molecule is CN1CCC(c2noc(-c3ccc(O)cc3)n2)CC1. The maximum Gasteiger partial charge on any atom is 0.257 e. The van der Waals surface area contributed by atoms with E-state index >= 15 is 0 Å². The second kappa shape index (κ2) is 5.01. The summed E-state index contributed by atoms with van der Waals surface area (Å²) in [5, 5.41) is 13.4. The van der Waals surface area contributed by atoms with Gasteiger partial charge in [0.05, 0.1) is 0 Å². The largest absolute Gasteiger partial charge is 0.508 e. The average molecular weight is 259 g/mol. The second-order valence-corrected chi connectivity index (χ2v) is 5.08. The van der Waals surface area contributed by atoms with Gasteiger partial charge in [0.1, 0.15) is 5.75 Å². The summed E-state index contributed by atoms with van der Waals surface area (Å²) in [6.45, 7) is 2.15. The highest BCUT2D eigenvalue weighted by Gasteiger charge is 2.23. The van der Waals surface area contributed by atoms with E-state index in [-0.39, 0.29) is 5.75 Å². The van der Waals surface area contributed by atoms with Crippen LogP contribution in [0.5, 0.6) is 5.75 Å². The molecular weight excluding hydrogens is 242 g/mol. The first-order chi connectivity index (χ1) is 9.22. The number of benzene rings is 1. The number of phenolic OH excluding ortho intramolecular Hbond substituents is 1. The predicted molar refractivity (Wildman–Crippen MR) is 70.9 cm³/mol. The molecule has 5 heteroatoms. The molecule has 2 aromatic rings. The van der Waals surface area contributed by atoms with Crippen LogP contribution in [-0.4, -0.2) is 40.3 Å². The van der Waals surface area contributed by atoms with Gasteiger partial charge in [0.25, 0.3) is 5.89 Å². The number of likely N-dealkylation sites (tertiary alicyclic amines) is 1. The fraction of sp³-hybridized carbons (Fsp3) is 0.429. The monoisotopic (exact) mass is 259 g/mol. The summed E-state index contributed by atoms with van der Waals surface area (Å²) in [6.07, 6.45) is 2.15. The van der Waals surface area contributed by atoms with Crippen molar-refractivity contribution in [2.24, 2.45) is 0 Å². The van der Waals surface area contributed by atoms with Crippen LogP contribution in [0, 0.1) is 0 Å². The van der Waals surface area contributed by atoms with E-state index in [2.05, 4.69) is 22.1 Å². The van der Waals surface area contributed by atoms with Gasteiger partial charge in [-0.15, -0.1) is 0 Å². The molecule has 5 nitrogen and oxygen atoms in total. The Balaban J connectivity index is 1.77. The van der Waals surface area contributed by atoms with E-state index in [1.165, 1.54) is 0 Å². The molecule has 3 rings (SSSR count). The Morgan fingerprint density at radius 2 is 1.89 bits per heavy atom. The van der Waals surface area contributed by atoms with Gasteiger partial charge in [-0.1, -0.05) is 5.16 Å². The number of aromatic nitrogens is 2. The molecule has 1 aliphatic heterocycles. The zero-order valence-corrected chi connectivity index (χ0v) is 10.9. The van der Waals surface area contributed by atoms with Crippen LogP contribution < -0.4 is 0 Å². The fourth-order valence-electron chi connectivity index (χ4n) is 2.39. The minimum atomic E-state index is 0.235. The van der Waals surface area contributed by atoms with Crippen molar-refractivity contribution < 1.29 is 9.63 Å². The van der Waals surface area contributed by atoms with Crippen molar-refractivity contribution >= 4 is 0 Å². The summed E-state index contributed by atoms with van der Waals surface area (Å²) in [5.74, 6) is 1.95. The molecule has 0 spiro atoms. The van der Waals surface area contributed by atoms with E-state index in [1.54, 1.807) is 24.3 Å². The van der Waals surface area contributed by atoms with Crippen LogP contribution in [0.3, 0.4) is 0 Å². The van der Waals surface area contributed by atoms with Crippen LogP contribution in [0.25, 0.3) is 11.5 Å². The minimum Gasteiger partial charge on any atom is -0.508 e. The molecule has 100 valence electrons. The number of nitrogens with zero attached hydrogens (tertiary/aromatic N) is 3. The van der Waals surface area contributed by atoms with Gasteiger partial charge in [0, 0.05) is 11.5 Å². The van der Waals surface area contributed by atoms with Crippen molar-refractivity contribution in [1.82, 2.24) is 15.0 Å². The molecule has 1 aliphatic rings. The third-order valence-electron chi connectivity index (χ3n) is 3.64. The number of piperidine rings is 1. The van der Waals surface area contributed by atoms with E-state index < -0.39 is 0 Å². The first-order valence-electron chi connectivity index (χ1n) is 6.54. The first-order valence-corrected chi connectivity index (χ1v) is 6.54. The van der Waals surface area contributed by atoms with Crippen molar-refractivity contribution in [3.8, 4) is 17.2 Å². The molecule has 1 fully saturated rings. The van der Waals surface area contributed by atoms with E-state index in [1.807, 2.05) is 0 Å². The summed E-state index contributed by atoms with van der Waals surface area (Å²) in [5.41, 5.74) is 0.837. The lowest BCUT2D eigenvalue weighted by molar-refractivity contribution is 0.248. The molecule has 1 saturated heterocycles. The summed E-state index contributed by atoms with van der Waals surface area (Å²) < 4.78 is 5.31. The van der Waals surface area contributed by atoms with Crippen LogP contribution in [0.2, 0.25) is 0 Å². The molecule has 1 aromatic heterocycles. The lowest BCUT2D eigenvalue weighted by Gasteiger charge is -2.26. The van der Waals surface area contributed by atoms with Gasteiger partial charge in [0.2, 0.25) is 0 Å². The normalized spacial score (nSPS) is 17.7. The topological polar surface area (TPSA) is 62.4 Å². The molecule has 0 amide bonds. The highest BCUT2D eigenvalue weighted by molar-refractivity contribution is 5.54. The number of rotatable bonds is 2. The average Bonchev–Trinajstić information content (AvgIpc) is 2.90. The molecule has 1 aromatic carbocycles. The Morgan fingerprint density at radius 3 is 2.58 bits per heavy atom. The van der Waals surface area contributed by atoms with Gasteiger partial charge < -0.3 is 14.5 Å². The van der Waals surface area contributed by atoms with Gasteiger partial charge >= 0.3 is 0 Å². The van der Waals surface area contributed by atoms with E-state index in [9.17, 15) is 5.11 Å². The van der Waals surface area contributed by atoms with Gasteiger partial charge in [-0.2, -0.15) is 4.98 Å². The summed E-state index contributed by atoms with van der Waals surface area (Å²) in [4.78, 5) is 6.80. The molecule has 19 heavy (non-hydrogen) atoms. The maximum atomic E-state index is 9.27. The summed E-state index contributed by atoms with van der Waals surface area (Å²) in [6, 6.07) is 6.80. The minimum absolute atomic E-state index is 0.235. The van der Waals surface area contributed by atoms with E-state index in [4.69, 9.17) is 4.52 Å². The molecule has 0 saturated carbocycles. The zero-order chi connectivity index (χ0) is 13.2. The van der Waals surface area contributed by atoms with Crippen molar-refractivity contribution in [3.63, 3.8) is 0 Å². The quantitative estimate of drug-likeness (QED) is 0.896. The Bertz CT molecular complexity index is 542. The molecule has 2 heterocycles. The molecule has 0 unspecified atom stereocenters. The van der Waals surface area contributed by atoms with Gasteiger partial charge in [-0.3, -0.25) is 0 Å². The van der Waals surface area contributed by atoms with E-state index in [0.717, 1.165) is 37.3 Å². The third-order valence-corrected chi connectivity index (χ3v) is 3.64.